The van der Waals surface area contributed by atoms with Gasteiger partial charge in [0.25, 0.3) is 0 Å². The summed E-state index contributed by atoms with van der Waals surface area (Å²) in [5.41, 5.74) is 2.30. The third-order valence-corrected chi connectivity index (χ3v) is 3.83. The molecule has 19 heavy (non-hydrogen) atoms. The van der Waals surface area contributed by atoms with Crippen LogP contribution in [-0.2, 0) is 4.79 Å². The van der Waals surface area contributed by atoms with Crippen LogP contribution in [0, 0.1) is 5.92 Å². The summed E-state index contributed by atoms with van der Waals surface area (Å²) in [6, 6.07) is 8.74. The monoisotopic (exact) mass is 262 g/mol. The molecule has 4 nitrogen and oxygen atoms in total. The second-order valence-corrected chi connectivity index (χ2v) is 5.47. The van der Waals surface area contributed by atoms with E-state index in [2.05, 4.69) is 34.5 Å². The van der Waals surface area contributed by atoms with Gasteiger partial charge < -0.3 is 15.3 Å². The topological polar surface area (TPSA) is 52.6 Å². The number of anilines is 2. The van der Waals surface area contributed by atoms with Gasteiger partial charge in [0.05, 0.1) is 5.92 Å². The van der Waals surface area contributed by atoms with Crippen LogP contribution in [0.4, 0.5) is 11.4 Å². The maximum absolute atomic E-state index is 10.9. The average molecular weight is 262 g/mol. The van der Waals surface area contributed by atoms with Crippen molar-refractivity contribution in [3.05, 3.63) is 24.3 Å². The SMILES string of the molecule is CN(C)c1ccc(NC2CCC(C(=O)O)CC2)cc1. The quantitative estimate of drug-likeness (QED) is 0.876. The molecule has 2 N–H and O–H groups in total. The lowest BCUT2D eigenvalue weighted by Gasteiger charge is -2.27. The molecule has 0 saturated heterocycles. The summed E-state index contributed by atoms with van der Waals surface area (Å²) in [7, 11) is 4.05. The van der Waals surface area contributed by atoms with Crippen molar-refractivity contribution in [2.75, 3.05) is 24.3 Å². The van der Waals surface area contributed by atoms with Crippen LogP contribution in [0.15, 0.2) is 24.3 Å². The van der Waals surface area contributed by atoms with E-state index in [0.717, 1.165) is 31.4 Å². The van der Waals surface area contributed by atoms with E-state index in [-0.39, 0.29) is 5.92 Å². The molecule has 1 fully saturated rings. The highest BCUT2D eigenvalue weighted by atomic mass is 16.4. The molecule has 0 spiro atoms. The van der Waals surface area contributed by atoms with Gasteiger partial charge in [-0.1, -0.05) is 0 Å². The number of aliphatic carboxylic acids is 1. The Kier molecular flexibility index (Phi) is 4.30. The summed E-state index contributed by atoms with van der Waals surface area (Å²) in [6.07, 6.45) is 3.43. The minimum absolute atomic E-state index is 0.144. The van der Waals surface area contributed by atoms with Gasteiger partial charge in [-0.05, 0) is 49.9 Å². The van der Waals surface area contributed by atoms with Gasteiger partial charge in [0.15, 0.2) is 0 Å². The molecule has 0 aliphatic heterocycles. The molecule has 0 radical (unpaired) electrons. The second-order valence-electron chi connectivity index (χ2n) is 5.47. The summed E-state index contributed by atoms with van der Waals surface area (Å²) in [6.45, 7) is 0. The molecule has 1 aromatic carbocycles. The van der Waals surface area contributed by atoms with Gasteiger partial charge in [0, 0.05) is 31.5 Å². The fraction of sp³-hybridized carbons (Fsp3) is 0.533. The van der Waals surface area contributed by atoms with Gasteiger partial charge >= 0.3 is 5.97 Å². The highest BCUT2D eigenvalue weighted by Crippen LogP contribution is 2.27. The molecular weight excluding hydrogens is 240 g/mol. The molecule has 1 saturated carbocycles. The summed E-state index contributed by atoms with van der Waals surface area (Å²) < 4.78 is 0. The Morgan fingerprint density at radius 3 is 2.21 bits per heavy atom. The molecule has 1 aromatic rings. The summed E-state index contributed by atoms with van der Waals surface area (Å²) in [4.78, 5) is 13.0. The first kappa shape index (κ1) is 13.7. The number of carboxylic acids is 1. The Morgan fingerprint density at radius 1 is 1.16 bits per heavy atom. The molecule has 1 aliphatic carbocycles. The zero-order chi connectivity index (χ0) is 13.8. The third kappa shape index (κ3) is 3.63. The highest BCUT2D eigenvalue weighted by molar-refractivity contribution is 5.70. The van der Waals surface area contributed by atoms with E-state index in [4.69, 9.17) is 5.11 Å². The van der Waals surface area contributed by atoms with Crippen LogP contribution in [0.25, 0.3) is 0 Å². The smallest absolute Gasteiger partial charge is 0.306 e. The first-order valence-corrected chi connectivity index (χ1v) is 6.83. The lowest BCUT2D eigenvalue weighted by Crippen LogP contribution is -2.29. The molecule has 1 aliphatic rings. The highest BCUT2D eigenvalue weighted by Gasteiger charge is 2.25. The Bertz CT molecular complexity index is 420. The van der Waals surface area contributed by atoms with E-state index in [1.807, 2.05) is 14.1 Å². The van der Waals surface area contributed by atoms with Crippen molar-refractivity contribution >= 4 is 17.3 Å². The van der Waals surface area contributed by atoms with E-state index < -0.39 is 5.97 Å². The predicted molar refractivity (Wildman–Crippen MR) is 77.8 cm³/mol. The van der Waals surface area contributed by atoms with Crippen LogP contribution in [0.3, 0.4) is 0 Å². The fourth-order valence-electron chi connectivity index (χ4n) is 2.58. The maximum Gasteiger partial charge on any atom is 0.306 e. The number of hydrogen-bond acceptors (Lipinski definition) is 3. The molecule has 0 bridgehead atoms. The molecule has 2 rings (SSSR count). The van der Waals surface area contributed by atoms with Crippen LogP contribution in [0.1, 0.15) is 25.7 Å². The van der Waals surface area contributed by atoms with Crippen LogP contribution in [0.5, 0.6) is 0 Å². The van der Waals surface area contributed by atoms with Crippen LogP contribution < -0.4 is 10.2 Å². The maximum atomic E-state index is 10.9. The summed E-state index contributed by atoms with van der Waals surface area (Å²) in [5, 5.41) is 12.5. The number of carbonyl (C=O) groups is 1. The first-order chi connectivity index (χ1) is 9.06. The van der Waals surface area contributed by atoms with Crippen molar-refractivity contribution < 1.29 is 9.90 Å². The molecule has 0 heterocycles. The van der Waals surface area contributed by atoms with Gasteiger partial charge in [0.1, 0.15) is 0 Å². The third-order valence-electron chi connectivity index (χ3n) is 3.83. The zero-order valence-corrected chi connectivity index (χ0v) is 11.6. The molecule has 0 unspecified atom stereocenters. The van der Waals surface area contributed by atoms with Crippen molar-refractivity contribution in [1.82, 2.24) is 0 Å². The zero-order valence-electron chi connectivity index (χ0n) is 11.6. The molecule has 0 atom stereocenters. The largest absolute Gasteiger partial charge is 0.481 e. The van der Waals surface area contributed by atoms with Crippen molar-refractivity contribution in [2.45, 2.75) is 31.7 Å². The van der Waals surface area contributed by atoms with E-state index in [9.17, 15) is 4.79 Å². The number of rotatable bonds is 4. The van der Waals surface area contributed by atoms with Crippen molar-refractivity contribution in [3.8, 4) is 0 Å². The standard InChI is InChI=1S/C15H22N2O2/c1-17(2)14-9-7-13(8-10-14)16-12-5-3-11(4-6-12)15(18)19/h7-12,16H,3-6H2,1-2H3,(H,18,19). The van der Waals surface area contributed by atoms with E-state index in [1.54, 1.807) is 0 Å². The Hall–Kier alpha value is -1.71. The van der Waals surface area contributed by atoms with Gasteiger partial charge in [0.2, 0.25) is 0 Å². The minimum atomic E-state index is -0.645. The van der Waals surface area contributed by atoms with Gasteiger partial charge in [-0.2, -0.15) is 0 Å². The molecule has 104 valence electrons. The normalized spacial score (nSPS) is 22.8. The Labute approximate surface area is 114 Å². The molecule has 0 amide bonds. The lowest BCUT2D eigenvalue weighted by molar-refractivity contribution is -0.142. The van der Waals surface area contributed by atoms with Gasteiger partial charge in [-0.25, -0.2) is 0 Å². The van der Waals surface area contributed by atoms with Crippen LogP contribution >= 0.6 is 0 Å². The van der Waals surface area contributed by atoms with Crippen molar-refractivity contribution in [2.24, 2.45) is 5.92 Å². The number of carboxylic acid groups (broad SMARTS) is 1. The van der Waals surface area contributed by atoms with E-state index in [1.165, 1.54) is 5.69 Å². The van der Waals surface area contributed by atoms with E-state index >= 15 is 0 Å². The fourth-order valence-corrected chi connectivity index (χ4v) is 2.58. The van der Waals surface area contributed by atoms with E-state index in [0.29, 0.717) is 6.04 Å². The minimum Gasteiger partial charge on any atom is -0.481 e. The van der Waals surface area contributed by atoms with Gasteiger partial charge in [-0.3, -0.25) is 4.79 Å². The Balaban J connectivity index is 1.87. The van der Waals surface area contributed by atoms with Crippen molar-refractivity contribution in [1.29, 1.82) is 0 Å². The first-order valence-electron chi connectivity index (χ1n) is 6.83. The number of nitrogens with zero attached hydrogens (tertiary/aromatic N) is 1. The molecule has 4 heteroatoms. The number of hydrogen-bond donors (Lipinski definition) is 2. The van der Waals surface area contributed by atoms with Crippen LogP contribution in [0.2, 0.25) is 0 Å². The Morgan fingerprint density at radius 2 is 1.74 bits per heavy atom. The van der Waals surface area contributed by atoms with Crippen LogP contribution in [-0.4, -0.2) is 31.2 Å². The predicted octanol–water partition coefficient (Wildman–Crippen LogP) is 2.81. The summed E-state index contributed by atoms with van der Waals surface area (Å²) >= 11 is 0. The average Bonchev–Trinajstić information content (AvgIpc) is 2.40. The van der Waals surface area contributed by atoms with Crippen molar-refractivity contribution in [3.63, 3.8) is 0 Å². The number of benzene rings is 1. The number of nitrogens with one attached hydrogen (secondary N) is 1. The molecular formula is C15H22N2O2. The molecule has 0 aromatic heterocycles. The second kappa shape index (κ2) is 5.95. The lowest BCUT2D eigenvalue weighted by atomic mass is 9.86. The summed E-state index contributed by atoms with van der Waals surface area (Å²) in [5.74, 6) is -0.789. The van der Waals surface area contributed by atoms with Gasteiger partial charge in [-0.15, -0.1) is 0 Å².